The fourth-order valence-corrected chi connectivity index (χ4v) is 3.66. The van der Waals surface area contributed by atoms with Crippen molar-refractivity contribution in [2.24, 2.45) is 0 Å². The highest BCUT2D eigenvalue weighted by Crippen LogP contribution is 2.28. The fourth-order valence-electron chi connectivity index (χ4n) is 1.78. The summed E-state index contributed by atoms with van der Waals surface area (Å²) in [4.78, 5) is 1.31. The van der Waals surface area contributed by atoms with Crippen molar-refractivity contribution in [3.05, 3.63) is 54.1 Å². The number of nitrogens with zero attached hydrogens (tertiary/aromatic N) is 1. The average Bonchev–Trinajstić information content (AvgIpc) is 2.46. The number of hydrogen-bond donors (Lipinski definition) is 1. The van der Waals surface area contributed by atoms with Gasteiger partial charge < -0.3 is 5.73 Å². The minimum absolute atomic E-state index is 0.312. The Morgan fingerprint density at radius 2 is 1.81 bits per heavy atom. The normalized spacial score (nSPS) is 11.8. The molecular weight excluding hydrogens is 304 g/mol. The number of hydrogen-bond acceptors (Lipinski definition) is 4. The maximum absolute atomic E-state index is 12.1. The van der Waals surface area contributed by atoms with Gasteiger partial charge in [-0.3, -0.25) is 0 Å². The molecule has 0 unspecified atom stereocenters. The molecule has 21 heavy (non-hydrogen) atoms. The van der Waals surface area contributed by atoms with Crippen molar-refractivity contribution in [1.82, 2.24) is 4.31 Å². The molecule has 0 aliphatic carbocycles. The molecule has 112 valence electrons. The zero-order valence-corrected chi connectivity index (χ0v) is 13.6. The first-order valence-electron chi connectivity index (χ1n) is 6.40. The Morgan fingerprint density at radius 3 is 2.48 bits per heavy atom. The number of nitrogens with two attached hydrogens (primary N) is 1. The minimum Gasteiger partial charge on any atom is -0.398 e. The lowest BCUT2D eigenvalue weighted by Gasteiger charge is -2.12. The second kappa shape index (κ2) is 6.51. The van der Waals surface area contributed by atoms with Gasteiger partial charge in [0, 0.05) is 30.4 Å². The van der Waals surface area contributed by atoms with E-state index >= 15 is 0 Å². The highest BCUT2D eigenvalue weighted by molar-refractivity contribution is 7.98. The molecule has 2 aromatic rings. The van der Waals surface area contributed by atoms with Crippen molar-refractivity contribution >= 4 is 27.5 Å². The fraction of sp³-hybridized carbons (Fsp3) is 0.200. The van der Waals surface area contributed by atoms with Crippen LogP contribution in [0.1, 0.15) is 5.56 Å². The highest BCUT2D eigenvalue weighted by Gasteiger charge is 2.17. The van der Waals surface area contributed by atoms with Crippen LogP contribution in [-0.2, 0) is 15.8 Å². The highest BCUT2D eigenvalue weighted by atomic mass is 32.2. The van der Waals surface area contributed by atoms with Crippen LogP contribution in [0.25, 0.3) is 0 Å². The topological polar surface area (TPSA) is 63.4 Å². The zero-order valence-electron chi connectivity index (χ0n) is 12.0. The lowest BCUT2D eigenvalue weighted by Crippen LogP contribution is -2.22. The van der Waals surface area contributed by atoms with Gasteiger partial charge >= 0.3 is 0 Å². The van der Waals surface area contributed by atoms with Crippen molar-refractivity contribution in [2.75, 3.05) is 19.8 Å². The van der Waals surface area contributed by atoms with E-state index in [2.05, 4.69) is 0 Å². The molecule has 0 aromatic heterocycles. The summed E-state index contributed by atoms with van der Waals surface area (Å²) in [5.41, 5.74) is 7.59. The Morgan fingerprint density at radius 1 is 1.10 bits per heavy atom. The molecule has 0 fully saturated rings. The number of thioether (sulfide) groups is 1. The van der Waals surface area contributed by atoms with E-state index in [9.17, 15) is 8.42 Å². The molecule has 0 spiro atoms. The molecule has 0 aliphatic rings. The number of rotatable bonds is 5. The van der Waals surface area contributed by atoms with E-state index in [1.165, 1.54) is 18.4 Å². The number of nitrogen functional groups attached to an aromatic ring is 1. The van der Waals surface area contributed by atoms with Crippen LogP contribution in [0.3, 0.4) is 0 Å². The van der Waals surface area contributed by atoms with Crippen LogP contribution >= 0.6 is 11.8 Å². The minimum atomic E-state index is -3.39. The molecule has 2 N–H and O–H groups in total. The Hall–Kier alpha value is -1.50. The van der Waals surface area contributed by atoms with Gasteiger partial charge in [-0.2, -0.15) is 0 Å². The quantitative estimate of drug-likeness (QED) is 0.679. The summed E-state index contributed by atoms with van der Waals surface area (Å²) < 4.78 is 25.4. The molecule has 6 heteroatoms. The van der Waals surface area contributed by atoms with Gasteiger partial charge in [0.15, 0.2) is 0 Å². The zero-order chi connectivity index (χ0) is 15.5. The second-order valence-corrected chi connectivity index (χ2v) is 7.93. The van der Waals surface area contributed by atoms with Gasteiger partial charge in [0.1, 0.15) is 0 Å². The van der Waals surface area contributed by atoms with Crippen molar-refractivity contribution in [3.63, 3.8) is 0 Å². The maximum atomic E-state index is 12.1. The average molecular weight is 322 g/mol. The van der Waals surface area contributed by atoms with E-state index in [1.54, 1.807) is 30.0 Å². The first-order chi connectivity index (χ1) is 9.91. The van der Waals surface area contributed by atoms with Crippen LogP contribution in [0.4, 0.5) is 5.69 Å². The molecule has 0 saturated heterocycles. The summed E-state index contributed by atoms with van der Waals surface area (Å²) in [5, 5.41) is 0. The molecule has 0 amide bonds. The van der Waals surface area contributed by atoms with Gasteiger partial charge in [0.2, 0.25) is 10.0 Å². The van der Waals surface area contributed by atoms with E-state index in [0.29, 0.717) is 10.6 Å². The molecule has 2 aromatic carbocycles. The van der Waals surface area contributed by atoms with Crippen LogP contribution in [0, 0.1) is 0 Å². The Labute approximate surface area is 130 Å². The number of anilines is 1. The summed E-state index contributed by atoms with van der Waals surface area (Å²) in [5.74, 6) is 0.672. The van der Waals surface area contributed by atoms with E-state index in [0.717, 1.165) is 16.1 Å². The Kier molecular flexibility index (Phi) is 4.92. The van der Waals surface area contributed by atoms with Crippen LogP contribution in [0.5, 0.6) is 0 Å². The smallest absolute Gasteiger partial charge is 0.242 e. The standard InChI is InChI=1S/C15H18N2O2S2/c1-17(2)21(18,19)13-7-5-6-12(10-13)11-20-15-9-4-3-8-14(15)16/h3-10H,11,16H2,1-2H3. The van der Waals surface area contributed by atoms with Crippen LogP contribution < -0.4 is 5.73 Å². The Balaban J connectivity index is 2.18. The summed E-state index contributed by atoms with van der Waals surface area (Å²) >= 11 is 1.59. The molecule has 2 rings (SSSR count). The van der Waals surface area contributed by atoms with Crippen molar-refractivity contribution in [1.29, 1.82) is 0 Å². The predicted molar refractivity (Wildman–Crippen MR) is 87.7 cm³/mol. The molecule has 4 nitrogen and oxygen atoms in total. The third-order valence-electron chi connectivity index (χ3n) is 2.99. The van der Waals surface area contributed by atoms with Gasteiger partial charge in [0.05, 0.1) is 4.90 Å². The summed E-state index contributed by atoms with van der Waals surface area (Å²) in [6.45, 7) is 0. The van der Waals surface area contributed by atoms with Crippen LogP contribution in [0.15, 0.2) is 58.3 Å². The van der Waals surface area contributed by atoms with E-state index < -0.39 is 10.0 Å². The predicted octanol–water partition coefficient (Wildman–Crippen LogP) is 2.81. The molecular formula is C15H18N2O2S2. The first-order valence-corrected chi connectivity index (χ1v) is 8.82. The van der Waals surface area contributed by atoms with Crippen molar-refractivity contribution < 1.29 is 8.42 Å². The monoisotopic (exact) mass is 322 g/mol. The lowest BCUT2D eigenvalue weighted by atomic mass is 10.2. The maximum Gasteiger partial charge on any atom is 0.242 e. The SMILES string of the molecule is CN(C)S(=O)(=O)c1cccc(CSc2ccccc2N)c1. The van der Waals surface area contributed by atoms with E-state index in [1.807, 2.05) is 30.3 Å². The second-order valence-electron chi connectivity index (χ2n) is 4.76. The van der Waals surface area contributed by atoms with Crippen molar-refractivity contribution in [2.45, 2.75) is 15.5 Å². The third-order valence-corrected chi connectivity index (χ3v) is 5.96. The van der Waals surface area contributed by atoms with Gasteiger partial charge in [-0.05, 0) is 29.8 Å². The summed E-state index contributed by atoms with van der Waals surface area (Å²) in [6.07, 6.45) is 0. The van der Waals surface area contributed by atoms with E-state index in [-0.39, 0.29) is 0 Å². The van der Waals surface area contributed by atoms with Gasteiger partial charge in [-0.15, -0.1) is 11.8 Å². The number of benzene rings is 2. The molecule has 0 aliphatic heterocycles. The largest absolute Gasteiger partial charge is 0.398 e. The van der Waals surface area contributed by atoms with Gasteiger partial charge in [-0.25, -0.2) is 12.7 Å². The molecule has 0 bridgehead atoms. The molecule has 0 heterocycles. The lowest BCUT2D eigenvalue weighted by molar-refractivity contribution is 0.520. The number of sulfonamides is 1. The first kappa shape index (κ1) is 15.9. The van der Waals surface area contributed by atoms with E-state index in [4.69, 9.17) is 5.73 Å². The molecule has 0 atom stereocenters. The third kappa shape index (κ3) is 3.78. The number of para-hydroxylation sites is 1. The van der Waals surface area contributed by atoms with Crippen LogP contribution in [-0.4, -0.2) is 26.8 Å². The summed E-state index contributed by atoms with van der Waals surface area (Å²) in [6, 6.07) is 14.6. The summed E-state index contributed by atoms with van der Waals surface area (Å²) in [7, 11) is -0.333. The molecule has 0 radical (unpaired) electrons. The molecule has 0 saturated carbocycles. The van der Waals surface area contributed by atoms with Gasteiger partial charge in [0.25, 0.3) is 0 Å². The van der Waals surface area contributed by atoms with Crippen molar-refractivity contribution in [3.8, 4) is 0 Å². The van der Waals surface area contributed by atoms with Crippen LogP contribution in [0.2, 0.25) is 0 Å². The Bertz CT molecular complexity index is 728. The van der Waals surface area contributed by atoms with Gasteiger partial charge in [-0.1, -0.05) is 24.3 Å².